The number of carboxylic acid groups (broad SMARTS) is 1. The number of hydrogen-bond acceptors (Lipinski definition) is 7. The van der Waals surface area contributed by atoms with Gasteiger partial charge in [-0.2, -0.15) is 5.10 Å². The number of carbonyl (C=O) groups excluding carboxylic acids is 3. The van der Waals surface area contributed by atoms with Crippen molar-refractivity contribution in [2.45, 2.75) is 46.1 Å². The molecule has 0 fully saturated rings. The zero-order chi connectivity index (χ0) is 35.7. The molecule has 1 aromatic heterocycles. The Morgan fingerprint density at radius 1 is 1.04 bits per heavy atom. The van der Waals surface area contributed by atoms with Crippen LogP contribution in [0.25, 0.3) is 11.1 Å². The zero-order valence-electron chi connectivity index (χ0n) is 29.4. The van der Waals surface area contributed by atoms with Crippen molar-refractivity contribution < 1.29 is 33.4 Å². The van der Waals surface area contributed by atoms with Gasteiger partial charge in [-0.15, -0.1) is 0 Å². The topological polar surface area (TPSA) is 126 Å². The first-order valence-electron chi connectivity index (χ1n) is 17.2. The number of likely N-dealkylation sites (N-methyl/N-ethyl adjacent to an activating group) is 1. The number of amides is 2. The summed E-state index contributed by atoms with van der Waals surface area (Å²) in [5.41, 5.74) is 6.24. The molecule has 0 saturated carbocycles. The number of ether oxygens (including phenoxy) is 2. The Bertz CT molecular complexity index is 1820. The molecule has 0 bridgehead atoms. The first-order valence-corrected chi connectivity index (χ1v) is 17.2. The Labute approximate surface area is 294 Å². The molecule has 2 amide bonds. The predicted octanol–water partition coefficient (Wildman–Crippen LogP) is 4.14. The molecule has 11 heteroatoms. The van der Waals surface area contributed by atoms with Crippen LogP contribution in [0.4, 0.5) is 5.69 Å². The molecule has 0 spiro atoms. The smallest absolute Gasteiger partial charge is 0.251 e. The lowest BCUT2D eigenvalue weighted by molar-refractivity contribution is -0.884. The number of quaternary nitrogens is 1. The molecule has 4 aromatic rings. The molecule has 0 saturated heterocycles. The van der Waals surface area contributed by atoms with Gasteiger partial charge in [0.1, 0.15) is 12.3 Å². The van der Waals surface area contributed by atoms with Crippen molar-refractivity contribution in [2.75, 3.05) is 58.4 Å². The molecule has 2 heterocycles. The molecule has 0 radical (unpaired) electrons. The molecule has 0 atom stereocenters. The number of aromatic nitrogens is 2. The Balaban J connectivity index is 1.19. The van der Waals surface area contributed by atoms with Gasteiger partial charge in [-0.1, -0.05) is 36.4 Å². The lowest BCUT2D eigenvalue weighted by Crippen LogP contribution is -2.49. The molecular weight excluding hydrogens is 634 g/mol. The van der Waals surface area contributed by atoms with E-state index in [0.29, 0.717) is 74.5 Å². The van der Waals surface area contributed by atoms with Gasteiger partial charge >= 0.3 is 0 Å². The highest BCUT2D eigenvalue weighted by molar-refractivity contribution is 5.97. The second-order valence-corrected chi connectivity index (χ2v) is 13.5. The standard InChI is InChI=1S/C39H47N5O6/c1-28-11-5-16-35(29(28)2)49-21-8-17-36(45)43-19-10-22-50-38-33(14-7-15-34(38)43)32-24-41-42(26-32)25-30-12-6-13-31(23-30)39(48)40-18-9-20-44(3,4)27-37(46)47/h5-7,11-16,23-24,26H,8-10,17-22,25,27H2,1-4H3,(H-,40,46,47,48). The van der Waals surface area contributed by atoms with Gasteiger partial charge < -0.3 is 34.1 Å². The molecule has 5 rings (SSSR count). The highest BCUT2D eigenvalue weighted by Crippen LogP contribution is 2.40. The summed E-state index contributed by atoms with van der Waals surface area (Å²) in [5, 5.41) is 18.5. The van der Waals surface area contributed by atoms with Crippen LogP contribution in [0.2, 0.25) is 0 Å². The Kier molecular flexibility index (Phi) is 11.9. The van der Waals surface area contributed by atoms with Gasteiger partial charge in [-0.25, -0.2) is 0 Å². The molecule has 1 aliphatic rings. The van der Waals surface area contributed by atoms with E-state index in [-0.39, 0.29) is 18.4 Å². The van der Waals surface area contributed by atoms with Gasteiger partial charge in [0.15, 0.2) is 5.75 Å². The maximum absolute atomic E-state index is 13.5. The van der Waals surface area contributed by atoms with Crippen LogP contribution in [-0.4, -0.2) is 85.5 Å². The largest absolute Gasteiger partial charge is 0.544 e. The number of carboxylic acids is 1. The second kappa shape index (κ2) is 16.5. The SMILES string of the molecule is Cc1cccc(OCCCC(=O)N2CCCOc3c(-c4cnn(Cc5cccc(C(=O)NCCC[N+](C)(C)CC(=O)[O-])c5)c4)cccc32)c1C. The number of carbonyl (C=O) groups is 3. The normalized spacial score (nSPS) is 12.8. The van der Waals surface area contributed by atoms with Crippen molar-refractivity contribution in [1.29, 1.82) is 0 Å². The van der Waals surface area contributed by atoms with Crippen molar-refractivity contribution in [2.24, 2.45) is 0 Å². The number of aliphatic carboxylic acids is 1. The molecule has 0 unspecified atom stereocenters. The summed E-state index contributed by atoms with van der Waals surface area (Å²) in [4.78, 5) is 39.1. The number of fused-ring (bicyclic) bond motifs is 1. The fraction of sp³-hybridized carbons (Fsp3) is 0.385. The fourth-order valence-corrected chi connectivity index (χ4v) is 6.14. The minimum Gasteiger partial charge on any atom is -0.544 e. The van der Waals surface area contributed by atoms with E-state index in [1.807, 2.05) is 85.3 Å². The second-order valence-electron chi connectivity index (χ2n) is 13.5. The van der Waals surface area contributed by atoms with Gasteiger partial charge in [-0.3, -0.25) is 14.3 Å². The third-order valence-corrected chi connectivity index (χ3v) is 8.97. The van der Waals surface area contributed by atoms with Gasteiger partial charge in [-0.05, 0) is 67.6 Å². The van der Waals surface area contributed by atoms with Crippen LogP contribution in [0, 0.1) is 13.8 Å². The Morgan fingerprint density at radius 2 is 1.84 bits per heavy atom. The first kappa shape index (κ1) is 36.1. The minimum absolute atomic E-state index is 0.0387. The number of nitrogens with zero attached hydrogens (tertiary/aromatic N) is 4. The van der Waals surface area contributed by atoms with Crippen molar-refractivity contribution in [1.82, 2.24) is 15.1 Å². The van der Waals surface area contributed by atoms with E-state index in [4.69, 9.17) is 9.47 Å². The van der Waals surface area contributed by atoms with E-state index in [2.05, 4.69) is 23.4 Å². The van der Waals surface area contributed by atoms with Crippen molar-refractivity contribution in [3.63, 3.8) is 0 Å². The number of anilines is 1. The summed E-state index contributed by atoms with van der Waals surface area (Å²) in [7, 11) is 3.65. The van der Waals surface area contributed by atoms with E-state index in [1.54, 1.807) is 12.3 Å². The van der Waals surface area contributed by atoms with Crippen molar-refractivity contribution >= 4 is 23.5 Å². The van der Waals surface area contributed by atoms with Gasteiger partial charge in [0, 0.05) is 48.8 Å². The Morgan fingerprint density at radius 3 is 2.66 bits per heavy atom. The van der Waals surface area contributed by atoms with Crippen LogP contribution in [0.1, 0.15) is 52.7 Å². The molecule has 1 N–H and O–H groups in total. The summed E-state index contributed by atoms with van der Waals surface area (Å²) in [6.45, 7) is 7.08. The minimum atomic E-state index is -1.09. The number of aryl methyl sites for hydroxylation is 1. The van der Waals surface area contributed by atoms with Gasteiger partial charge in [0.05, 0.1) is 58.3 Å². The average molecular weight is 682 g/mol. The molecule has 0 aliphatic carbocycles. The van der Waals surface area contributed by atoms with Crippen LogP contribution in [0.3, 0.4) is 0 Å². The average Bonchev–Trinajstić information content (AvgIpc) is 3.42. The van der Waals surface area contributed by atoms with Crippen LogP contribution in [0.5, 0.6) is 11.5 Å². The maximum Gasteiger partial charge on any atom is 0.251 e. The molecule has 11 nitrogen and oxygen atoms in total. The Hall–Kier alpha value is -5.16. The van der Waals surface area contributed by atoms with Gasteiger partial charge in [0.2, 0.25) is 5.91 Å². The van der Waals surface area contributed by atoms with Crippen LogP contribution < -0.4 is 24.8 Å². The van der Waals surface area contributed by atoms with Crippen LogP contribution >= 0.6 is 0 Å². The van der Waals surface area contributed by atoms with Crippen LogP contribution in [-0.2, 0) is 16.1 Å². The number of hydrogen-bond donors (Lipinski definition) is 1. The highest BCUT2D eigenvalue weighted by Gasteiger charge is 2.25. The summed E-state index contributed by atoms with van der Waals surface area (Å²) in [6, 6.07) is 19.3. The molecule has 264 valence electrons. The van der Waals surface area contributed by atoms with Crippen molar-refractivity contribution in [3.05, 3.63) is 95.3 Å². The number of benzene rings is 3. The molecule has 50 heavy (non-hydrogen) atoms. The van der Waals surface area contributed by atoms with E-state index in [9.17, 15) is 19.5 Å². The van der Waals surface area contributed by atoms with Crippen molar-refractivity contribution in [3.8, 4) is 22.6 Å². The summed E-state index contributed by atoms with van der Waals surface area (Å²) < 4.78 is 14.3. The molecule has 1 aliphatic heterocycles. The predicted molar refractivity (Wildman–Crippen MR) is 190 cm³/mol. The summed E-state index contributed by atoms with van der Waals surface area (Å²) in [6.07, 6.45) is 6.08. The monoisotopic (exact) mass is 681 g/mol. The quantitative estimate of drug-likeness (QED) is 0.148. The molecule has 3 aromatic carbocycles. The van der Waals surface area contributed by atoms with E-state index in [1.165, 1.54) is 5.56 Å². The molecular formula is C39H47N5O6. The van der Waals surface area contributed by atoms with Crippen LogP contribution in [0.15, 0.2) is 73.1 Å². The number of nitrogens with one attached hydrogen (secondary N) is 1. The number of rotatable bonds is 15. The zero-order valence-corrected chi connectivity index (χ0v) is 29.4. The lowest BCUT2D eigenvalue weighted by Gasteiger charge is -2.30. The number of para-hydroxylation sites is 1. The van der Waals surface area contributed by atoms with E-state index in [0.717, 1.165) is 40.1 Å². The third-order valence-electron chi connectivity index (χ3n) is 8.97. The summed E-state index contributed by atoms with van der Waals surface area (Å²) in [5.74, 6) is 0.291. The lowest BCUT2D eigenvalue weighted by atomic mass is 10.1. The third kappa shape index (κ3) is 9.50. The van der Waals surface area contributed by atoms with E-state index < -0.39 is 5.97 Å². The summed E-state index contributed by atoms with van der Waals surface area (Å²) >= 11 is 0. The van der Waals surface area contributed by atoms with E-state index >= 15 is 0 Å². The fourth-order valence-electron chi connectivity index (χ4n) is 6.14. The van der Waals surface area contributed by atoms with Gasteiger partial charge in [0.25, 0.3) is 5.91 Å². The maximum atomic E-state index is 13.5. The highest BCUT2D eigenvalue weighted by atomic mass is 16.5. The first-order chi connectivity index (χ1) is 24.0.